The van der Waals surface area contributed by atoms with Crippen molar-refractivity contribution in [1.29, 1.82) is 0 Å². The SMILES string of the molecule is CCOS(=O)(=O)[O-].CC[n+]1c(/C=C/Nc2ccccc2)oc2ccccc21. The topological polar surface area (TPSA) is 95.5 Å². The number of fused-ring (bicyclic) bond motifs is 1. The van der Waals surface area contributed by atoms with E-state index in [1.165, 1.54) is 6.92 Å². The molecule has 1 aromatic heterocycles. The summed E-state index contributed by atoms with van der Waals surface area (Å²) in [6.45, 7) is 4.33. The van der Waals surface area contributed by atoms with E-state index in [1.807, 2.05) is 60.8 Å². The molecule has 0 amide bonds. The fourth-order valence-electron chi connectivity index (χ4n) is 2.39. The van der Waals surface area contributed by atoms with Crippen molar-refractivity contribution in [3.63, 3.8) is 0 Å². The van der Waals surface area contributed by atoms with Gasteiger partial charge in [-0.05, 0) is 32.0 Å². The number of para-hydroxylation sites is 3. The molecule has 0 bridgehead atoms. The molecule has 0 saturated heterocycles. The van der Waals surface area contributed by atoms with Crippen LogP contribution in [0.15, 0.2) is 65.2 Å². The zero-order valence-corrected chi connectivity index (χ0v) is 16.0. The van der Waals surface area contributed by atoms with E-state index in [0.717, 1.165) is 29.2 Å². The highest BCUT2D eigenvalue weighted by atomic mass is 32.3. The summed E-state index contributed by atoms with van der Waals surface area (Å²) < 4.78 is 40.0. The molecule has 0 saturated carbocycles. The van der Waals surface area contributed by atoms with Crippen LogP contribution in [-0.2, 0) is 21.1 Å². The molecule has 144 valence electrons. The smallest absolute Gasteiger partial charge is 0.375 e. The number of aromatic nitrogens is 1. The van der Waals surface area contributed by atoms with Gasteiger partial charge >= 0.3 is 5.89 Å². The molecule has 0 aliphatic carbocycles. The summed E-state index contributed by atoms with van der Waals surface area (Å²) in [7, 11) is -4.42. The Kier molecular flexibility index (Phi) is 7.54. The highest BCUT2D eigenvalue weighted by Gasteiger charge is 2.17. The lowest BCUT2D eigenvalue weighted by Gasteiger charge is -2.02. The molecule has 3 aromatic rings. The van der Waals surface area contributed by atoms with E-state index in [4.69, 9.17) is 4.42 Å². The average molecular weight is 390 g/mol. The lowest BCUT2D eigenvalue weighted by molar-refractivity contribution is -0.674. The van der Waals surface area contributed by atoms with Gasteiger partial charge in [-0.3, -0.25) is 4.18 Å². The van der Waals surface area contributed by atoms with Crippen LogP contribution in [0.25, 0.3) is 17.2 Å². The molecule has 7 nitrogen and oxygen atoms in total. The first-order chi connectivity index (χ1) is 12.9. The number of oxazole rings is 1. The fraction of sp³-hybridized carbons (Fsp3) is 0.211. The number of nitrogens with one attached hydrogen (secondary N) is 1. The molecule has 3 rings (SSSR count). The van der Waals surface area contributed by atoms with E-state index in [-0.39, 0.29) is 6.61 Å². The molecule has 0 spiro atoms. The summed E-state index contributed by atoms with van der Waals surface area (Å²) >= 11 is 0. The van der Waals surface area contributed by atoms with Crippen LogP contribution in [-0.4, -0.2) is 19.6 Å². The largest absolute Gasteiger partial charge is 0.726 e. The van der Waals surface area contributed by atoms with Gasteiger partial charge in [0.1, 0.15) is 6.54 Å². The van der Waals surface area contributed by atoms with E-state index < -0.39 is 10.4 Å². The Morgan fingerprint density at radius 3 is 2.37 bits per heavy atom. The van der Waals surface area contributed by atoms with Crippen LogP contribution in [0.5, 0.6) is 0 Å². The predicted molar refractivity (Wildman–Crippen MR) is 103 cm³/mol. The van der Waals surface area contributed by atoms with Crippen molar-refractivity contribution < 1.29 is 26.1 Å². The predicted octanol–water partition coefficient (Wildman–Crippen LogP) is 3.31. The lowest BCUT2D eigenvalue weighted by Crippen LogP contribution is -2.33. The van der Waals surface area contributed by atoms with Crippen molar-refractivity contribution >= 4 is 33.3 Å². The van der Waals surface area contributed by atoms with Gasteiger partial charge in [-0.25, -0.2) is 8.42 Å². The van der Waals surface area contributed by atoms with E-state index >= 15 is 0 Å². The first-order valence-electron chi connectivity index (χ1n) is 8.44. The molecule has 1 heterocycles. The van der Waals surface area contributed by atoms with Crippen molar-refractivity contribution in [1.82, 2.24) is 0 Å². The van der Waals surface area contributed by atoms with Gasteiger partial charge in [0, 0.05) is 18.0 Å². The Morgan fingerprint density at radius 1 is 1.11 bits per heavy atom. The Balaban J connectivity index is 0.000000321. The summed E-state index contributed by atoms with van der Waals surface area (Å²) in [5, 5.41) is 3.23. The number of rotatable bonds is 6. The van der Waals surface area contributed by atoms with Crippen LogP contribution in [0.1, 0.15) is 19.7 Å². The first-order valence-corrected chi connectivity index (χ1v) is 9.77. The third-order valence-electron chi connectivity index (χ3n) is 3.46. The molecule has 0 radical (unpaired) electrons. The average Bonchev–Trinajstić information content (AvgIpc) is 2.99. The number of nitrogens with zero attached hydrogens (tertiary/aromatic N) is 1. The highest BCUT2D eigenvalue weighted by molar-refractivity contribution is 7.80. The Labute approximate surface area is 158 Å². The zero-order valence-electron chi connectivity index (χ0n) is 15.2. The number of hydrogen-bond donors (Lipinski definition) is 1. The second-order valence-electron chi connectivity index (χ2n) is 5.31. The number of aryl methyl sites for hydroxylation is 1. The van der Waals surface area contributed by atoms with E-state index in [0.29, 0.717) is 0 Å². The summed E-state index contributed by atoms with van der Waals surface area (Å²) in [6, 6.07) is 18.1. The molecule has 0 atom stereocenters. The lowest BCUT2D eigenvalue weighted by atomic mass is 10.3. The standard InChI is InChI=1S/C17H16N2O.C2H6O4S/c1-2-19-15-10-6-7-11-16(15)20-17(19)12-13-18-14-8-4-3-5-9-14;1-2-6-7(3,4)5/h3-13H,2H2,1H3;2H2,1H3,(H,3,4,5). The molecule has 27 heavy (non-hydrogen) atoms. The second-order valence-corrected chi connectivity index (χ2v) is 6.36. The van der Waals surface area contributed by atoms with Crippen molar-refractivity contribution in [2.45, 2.75) is 20.4 Å². The van der Waals surface area contributed by atoms with Crippen molar-refractivity contribution in [3.05, 3.63) is 66.7 Å². The van der Waals surface area contributed by atoms with Gasteiger partial charge in [-0.1, -0.05) is 30.3 Å². The van der Waals surface area contributed by atoms with Crippen LogP contribution in [0, 0.1) is 0 Å². The highest BCUT2D eigenvalue weighted by Crippen LogP contribution is 2.14. The minimum Gasteiger partial charge on any atom is -0.726 e. The molecule has 1 N–H and O–H groups in total. The number of hydrogen-bond acceptors (Lipinski definition) is 6. The molecule has 0 aliphatic rings. The van der Waals surface area contributed by atoms with Gasteiger partial charge in [-0.2, -0.15) is 4.57 Å². The molecule has 0 fully saturated rings. The summed E-state index contributed by atoms with van der Waals surface area (Å²) in [6.07, 6.45) is 3.86. The minimum absolute atomic E-state index is 0.0914. The summed E-state index contributed by atoms with van der Waals surface area (Å²) in [5.41, 5.74) is 3.09. The number of benzene rings is 2. The maximum Gasteiger partial charge on any atom is 0.375 e. The molecule has 2 aromatic carbocycles. The van der Waals surface area contributed by atoms with Crippen LogP contribution in [0.4, 0.5) is 5.69 Å². The monoisotopic (exact) mass is 390 g/mol. The van der Waals surface area contributed by atoms with Crippen LogP contribution in [0.2, 0.25) is 0 Å². The Bertz CT molecular complexity index is 982. The Morgan fingerprint density at radius 2 is 1.78 bits per heavy atom. The van der Waals surface area contributed by atoms with Crippen LogP contribution in [0.3, 0.4) is 0 Å². The van der Waals surface area contributed by atoms with Gasteiger partial charge < -0.3 is 14.3 Å². The zero-order chi connectivity index (χ0) is 19.7. The summed E-state index contributed by atoms with van der Waals surface area (Å²) in [5.74, 6) is 0.845. The fourth-order valence-corrected chi connectivity index (χ4v) is 2.68. The summed E-state index contributed by atoms with van der Waals surface area (Å²) in [4.78, 5) is 0. The van der Waals surface area contributed by atoms with Crippen molar-refractivity contribution in [2.24, 2.45) is 0 Å². The van der Waals surface area contributed by atoms with Gasteiger partial charge in [0.25, 0.3) is 5.52 Å². The molecular formula is C19H22N2O5S. The molecular weight excluding hydrogens is 368 g/mol. The second kappa shape index (κ2) is 9.86. The van der Waals surface area contributed by atoms with E-state index in [9.17, 15) is 13.0 Å². The third-order valence-corrected chi connectivity index (χ3v) is 3.99. The number of anilines is 1. The molecule has 0 unspecified atom stereocenters. The van der Waals surface area contributed by atoms with Crippen molar-refractivity contribution in [2.75, 3.05) is 11.9 Å². The molecule has 8 heteroatoms. The van der Waals surface area contributed by atoms with E-state index in [1.54, 1.807) is 0 Å². The maximum atomic E-state index is 9.45. The first kappa shape index (κ1) is 20.6. The van der Waals surface area contributed by atoms with Crippen LogP contribution < -0.4 is 9.88 Å². The van der Waals surface area contributed by atoms with Gasteiger partial charge in [0.05, 0.1) is 12.7 Å². The minimum atomic E-state index is -4.42. The normalized spacial score (nSPS) is 11.4. The quantitative estimate of drug-likeness (QED) is 0.394. The van der Waals surface area contributed by atoms with Crippen LogP contribution >= 0.6 is 0 Å². The Hall–Kier alpha value is -2.68. The molecule has 0 aliphatic heterocycles. The van der Waals surface area contributed by atoms with Gasteiger partial charge in [0.15, 0.2) is 0 Å². The van der Waals surface area contributed by atoms with Gasteiger partial charge in [-0.15, -0.1) is 0 Å². The maximum absolute atomic E-state index is 9.45. The van der Waals surface area contributed by atoms with Gasteiger partial charge in [0.2, 0.25) is 16.0 Å². The third kappa shape index (κ3) is 6.52. The van der Waals surface area contributed by atoms with E-state index in [2.05, 4.69) is 27.1 Å². The van der Waals surface area contributed by atoms with Crippen molar-refractivity contribution in [3.8, 4) is 0 Å².